The van der Waals surface area contributed by atoms with Crippen molar-refractivity contribution in [3.63, 3.8) is 0 Å². The van der Waals surface area contributed by atoms with Gasteiger partial charge in [-0.3, -0.25) is 4.79 Å². The zero-order valence-electron chi connectivity index (χ0n) is 11.3. The smallest absolute Gasteiger partial charge is 0.325 e. The fourth-order valence-electron chi connectivity index (χ4n) is 2.47. The summed E-state index contributed by atoms with van der Waals surface area (Å²) in [6.45, 7) is 6.44. The lowest BCUT2D eigenvalue weighted by atomic mass is 9.92. The van der Waals surface area contributed by atoms with Gasteiger partial charge in [-0.25, -0.2) is 0 Å². The maximum Gasteiger partial charge on any atom is 0.325 e. The summed E-state index contributed by atoms with van der Waals surface area (Å²) in [5.41, 5.74) is -0.725. The maximum absolute atomic E-state index is 11.6. The Kier molecular flexibility index (Phi) is 5.40. The Bertz CT molecular complexity index is 254. The minimum Gasteiger partial charge on any atom is -0.480 e. The second-order valence-corrected chi connectivity index (χ2v) is 5.17. The molecule has 4 heteroatoms. The third-order valence-corrected chi connectivity index (χ3v) is 3.56. The molecule has 0 saturated heterocycles. The molecule has 4 nitrogen and oxygen atoms in total. The van der Waals surface area contributed by atoms with E-state index in [-0.39, 0.29) is 0 Å². The first kappa shape index (κ1) is 14.5. The monoisotopic (exact) mass is 242 g/mol. The van der Waals surface area contributed by atoms with Crippen LogP contribution in [-0.4, -0.2) is 48.2 Å². The van der Waals surface area contributed by atoms with Gasteiger partial charge < -0.3 is 15.3 Å². The van der Waals surface area contributed by atoms with Gasteiger partial charge in [0.2, 0.25) is 0 Å². The van der Waals surface area contributed by atoms with Crippen LogP contribution in [0.2, 0.25) is 0 Å². The molecule has 1 aliphatic carbocycles. The van der Waals surface area contributed by atoms with E-state index in [4.69, 9.17) is 0 Å². The molecule has 0 bridgehead atoms. The molecule has 0 spiro atoms. The van der Waals surface area contributed by atoms with Crippen molar-refractivity contribution < 1.29 is 9.90 Å². The highest BCUT2D eigenvalue weighted by Gasteiger charge is 2.51. The van der Waals surface area contributed by atoms with E-state index in [1.54, 1.807) is 0 Å². The quantitative estimate of drug-likeness (QED) is 0.644. The number of nitrogens with one attached hydrogen (secondary N) is 1. The van der Waals surface area contributed by atoms with Gasteiger partial charge in [-0.15, -0.1) is 0 Å². The van der Waals surface area contributed by atoms with E-state index in [1.165, 1.54) is 0 Å². The molecule has 17 heavy (non-hydrogen) atoms. The van der Waals surface area contributed by atoms with Gasteiger partial charge in [0.15, 0.2) is 0 Å². The molecule has 0 aromatic rings. The van der Waals surface area contributed by atoms with E-state index >= 15 is 0 Å². The number of hydrogen-bond donors (Lipinski definition) is 2. The number of unbranched alkanes of at least 4 members (excludes halogenated alkanes) is 1. The summed E-state index contributed by atoms with van der Waals surface area (Å²) in [6.07, 6.45) is 4.36. The van der Waals surface area contributed by atoms with Crippen LogP contribution >= 0.6 is 0 Å². The second-order valence-electron chi connectivity index (χ2n) is 5.17. The fraction of sp³-hybridized carbons (Fsp3) is 0.923. The number of carboxylic acid groups (broad SMARTS) is 1. The summed E-state index contributed by atoms with van der Waals surface area (Å²) in [4.78, 5) is 13.8. The van der Waals surface area contributed by atoms with Crippen molar-refractivity contribution in [3.8, 4) is 0 Å². The minimum atomic E-state index is -0.725. The van der Waals surface area contributed by atoms with Crippen molar-refractivity contribution in [1.82, 2.24) is 10.2 Å². The molecule has 0 aromatic heterocycles. The van der Waals surface area contributed by atoms with Gasteiger partial charge in [-0.1, -0.05) is 20.3 Å². The van der Waals surface area contributed by atoms with Crippen LogP contribution in [-0.2, 0) is 4.79 Å². The number of carboxylic acids is 1. The fourth-order valence-corrected chi connectivity index (χ4v) is 2.47. The Balaban J connectivity index is 2.64. The largest absolute Gasteiger partial charge is 0.480 e. The predicted molar refractivity (Wildman–Crippen MR) is 69.2 cm³/mol. The van der Waals surface area contributed by atoms with Crippen molar-refractivity contribution in [1.29, 1.82) is 0 Å². The number of likely N-dealkylation sites (N-methyl/N-ethyl adjacent to an activating group) is 2. The predicted octanol–water partition coefficient (Wildman–Crippen LogP) is 1.56. The summed E-state index contributed by atoms with van der Waals surface area (Å²) in [5.74, 6) is -0.380. The Hall–Kier alpha value is -0.610. The van der Waals surface area contributed by atoms with Crippen LogP contribution in [0.15, 0.2) is 0 Å². The average molecular weight is 242 g/mol. The van der Waals surface area contributed by atoms with Gasteiger partial charge in [0.05, 0.1) is 0 Å². The Morgan fingerprint density at radius 1 is 1.47 bits per heavy atom. The summed E-state index contributed by atoms with van der Waals surface area (Å²) < 4.78 is 0. The number of hydrogen-bond acceptors (Lipinski definition) is 3. The molecule has 1 atom stereocenters. The SMILES string of the molecule is CCCCN(C)CC(NCC)(C(=O)O)C1CC1. The zero-order valence-corrected chi connectivity index (χ0v) is 11.3. The van der Waals surface area contributed by atoms with Crippen LogP contribution in [0, 0.1) is 5.92 Å². The molecule has 2 N–H and O–H groups in total. The van der Waals surface area contributed by atoms with Crippen molar-refractivity contribution in [2.45, 2.75) is 45.1 Å². The molecule has 1 unspecified atom stereocenters. The van der Waals surface area contributed by atoms with Gasteiger partial charge in [0.1, 0.15) is 5.54 Å². The molecule has 1 saturated carbocycles. The van der Waals surface area contributed by atoms with Crippen LogP contribution in [0.1, 0.15) is 39.5 Å². The number of aliphatic carboxylic acids is 1. The van der Waals surface area contributed by atoms with Crippen LogP contribution < -0.4 is 5.32 Å². The van der Waals surface area contributed by atoms with Crippen molar-refractivity contribution in [2.75, 3.05) is 26.7 Å². The summed E-state index contributed by atoms with van der Waals surface area (Å²) >= 11 is 0. The topological polar surface area (TPSA) is 52.6 Å². The summed E-state index contributed by atoms with van der Waals surface area (Å²) in [6, 6.07) is 0. The van der Waals surface area contributed by atoms with E-state index < -0.39 is 11.5 Å². The molecule has 1 fully saturated rings. The highest BCUT2D eigenvalue weighted by Crippen LogP contribution is 2.40. The highest BCUT2D eigenvalue weighted by atomic mass is 16.4. The van der Waals surface area contributed by atoms with Crippen LogP contribution in [0.5, 0.6) is 0 Å². The third-order valence-electron chi connectivity index (χ3n) is 3.56. The Labute approximate surface area is 104 Å². The normalized spacial score (nSPS) is 19.3. The maximum atomic E-state index is 11.6. The number of carbonyl (C=O) groups is 1. The van der Waals surface area contributed by atoms with Crippen LogP contribution in [0.3, 0.4) is 0 Å². The van der Waals surface area contributed by atoms with E-state index in [0.29, 0.717) is 19.0 Å². The first-order valence-corrected chi connectivity index (χ1v) is 6.73. The molecule has 1 rings (SSSR count). The third kappa shape index (κ3) is 3.68. The Morgan fingerprint density at radius 2 is 2.12 bits per heavy atom. The lowest BCUT2D eigenvalue weighted by Gasteiger charge is -2.34. The molecule has 0 amide bonds. The highest BCUT2D eigenvalue weighted by molar-refractivity contribution is 5.80. The molecule has 100 valence electrons. The van der Waals surface area contributed by atoms with E-state index in [1.807, 2.05) is 14.0 Å². The standard InChI is InChI=1S/C13H26N2O2/c1-4-6-9-15(3)10-13(12(16)17,14-5-2)11-7-8-11/h11,14H,4-10H2,1-3H3,(H,16,17). The molecule has 0 aliphatic heterocycles. The van der Waals surface area contributed by atoms with E-state index in [0.717, 1.165) is 32.2 Å². The van der Waals surface area contributed by atoms with Gasteiger partial charge >= 0.3 is 5.97 Å². The van der Waals surface area contributed by atoms with Crippen molar-refractivity contribution >= 4 is 5.97 Å². The molecule has 0 aromatic carbocycles. The lowest BCUT2D eigenvalue weighted by molar-refractivity contribution is -0.146. The van der Waals surface area contributed by atoms with Crippen molar-refractivity contribution in [2.24, 2.45) is 5.92 Å². The number of nitrogens with zero attached hydrogens (tertiary/aromatic N) is 1. The first-order chi connectivity index (χ1) is 8.06. The number of rotatable bonds is 9. The van der Waals surface area contributed by atoms with Gasteiger partial charge in [0, 0.05) is 6.54 Å². The molecule has 1 aliphatic rings. The Morgan fingerprint density at radius 3 is 2.53 bits per heavy atom. The lowest BCUT2D eigenvalue weighted by Crippen LogP contribution is -2.60. The van der Waals surface area contributed by atoms with Crippen LogP contribution in [0.25, 0.3) is 0 Å². The molecule has 0 heterocycles. The van der Waals surface area contributed by atoms with Gasteiger partial charge in [-0.05, 0) is 45.3 Å². The average Bonchev–Trinajstić information content (AvgIpc) is 3.09. The van der Waals surface area contributed by atoms with Gasteiger partial charge in [0.25, 0.3) is 0 Å². The minimum absolute atomic E-state index is 0.309. The van der Waals surface area contributed by atoms with Crippen molar-refractivity contribution in [3.05, 3.63) is 0 Å². The zero-order chi connectivity index (χ0) is 12.9. The first-order valence-electron chi connectivity index (χ1n) is 6.73. The van der Waals surface area contributed by atoms with Crippen LogP contribution in [0.4, 0.5) is 0 Å². The second kappa shape index (κ2) is 6.36. The summed E-state index contributed by atoms with van der Waals surface area (Å²) in [5, 5.41) is 12.8. The molecule has 0 radical (unpaired) electrons. The van der Waals surface area contributed by atoms with Gasteiger partial charge in [-0.2, -0.15) is 0 Å². The van der Waals surface area contributed by atoms with E-state index in [2.05, 4.69) is 17.1 Å². The summed E-state index contributed by atoms with van der Waals surface area (Å²) in [7, 11) is 2.02. The molecular formula is C13H26N2O2. The van der Waals surface area contributed by atoms with E-state index in [9.17, 15) is 9.90 Å². The molecular weight excluding hydrogens is 216 g/mol.